The Bertz CT molecular complexity index is 220. The van der Waals surface area contributed by atoms with E-state index in [-0.39, 0.29) is 12.5 Å². The van der Waals surface area contributed by atoms with Crippen LogP contribution in [0.2, 0.25) is 0 Å². The van der Waals surface area contributed by atoms with Crippen LogP contribution in [0.3, 0.4) is 0 Å². The zero-order chi connectivity index (χ0) is 11.1. The Hall–Kier alpha value is -1.06. The van der Waals surface area contributed by atoms with Crippen LogP contribution in [0, 0.1) is 5.92 Å². The van der Waals surface area contributed by atoms with Crippen LogP contribution in [0.5, 0.6) is 0 Å². The van der Waals surface area contributed by atoms with Crippen LogP contribution in [0.25, 0.3) is 0 Å². The third kappa shape index (κ3) is 5.40. The van der Waals surface area contributed by atoms with Gasteiger partial charge in [-0.25, -0.2) is 0 Å². The van der Waals surface area contributed by atoms with Crippen LogP contribution in [0.1, 0.15) is 44.9 Å². The van der Waals surface area contributed by atoms with Gasteiger partial charge in [-0.15, -0.1) is 0 Å². The van der Waals surface area contributed by atoms with Gasteiger partial charge in [-0.3, -0.25) is 9.59 Å². The lowest BCUT2D eigenvalue weighted by Crippen LogP contribution is -2.30. The summed E-state index contributed by atoms with van der Waals surface area (Å²) in [5, 5.41) is 10.8. The summed E-state index contributed by atoms with van der Waals surface area (Å²) in [5.41, 5.74) is 0. The quantitative estimate of drug-likeness (QED) is 0.696. The molecule has 0 spiro atoms. The Morgan fingerprint density at radius 3 is 2.27 bits per heavy atom. The monoisotopic (exact) mass is 213 g/mol. The lowest BCUT2D eigenvalue weighted by Gasteiger charge is -2.12. The topological polar surface area (TPSA) is 66.4 Å². The molecule has 1 aliphatic carbocycles. The minimum absolute atomic E-state index is 0.121. The second-order valence-corrected chi connectivity index (χ2v) is 4.23. The summed E-state index contributed by atoms with van der Waals surface area (Å²) in [5.74, 6) is -0.644. The van der Waals surface area contributed by atoms with Crippen molar-refractivity contribution in [2.45, 2.75) is 44.9 Å². The molecule has 86 valence electrons. The first-order valence-electron chi connectivity index (χ1n) is 5.67. The molecule has 0 heterocycles. The zero-order valence-electron chi connectivity index (χ0n) is 9.00. The molecule has 0 bridgehead atoms. The molecular weight excluding hydrogens is 194 g/mol. The van der Waals surface area contributed by atoms with Gasteiger partial charge < -0.3 is 10.4 Å². The molecule has 0 aromatic carbocycles. The van der Waals surface area contributed by atoms with E-state index in [1.807, 2.05) is 0 Å². The summed E-state index contributed by atoms with van der Waals surface area (Å²) in [6.45, 7) is -0.258. The molecule has 1 amide bonds. The maximum atomic E-state index is 11.4. The van der Waals surface area contributed by atoms with Gasteiger partial charge in [0.2, 0.25) is 5.91 Å². The van der Waals surface area contributed by atoms with E-state index in [0.29, 0.717) is 12.3 Å². The van der Waals surface area contributed by atoms with Crippen molar-refractivity contribution in [2.24, 2.45) is 5.92 Å². The second-order valence-electron chi connectivity index (χ2n) is 4.23. The van der Waals surface area contributed by atoms with Crippen LogP contribution >= 0.6 is 0 Å². The molecule has 0 radical (unpaired) electrons. The first kappa shape index (κ1) is 12.0. The van der Waals surface area contributed by atoms with Crippen LogP contribution in [-0.2, 0) is 9.59 Å². The number of aliphatic carboxylic acids is 1. The van der Waals surface area contributed by atoms with Crippen LogP contribution in [-0.4, -0.2) is 23.5 Å². The summed E-state index contributed by atoms with van der Waals surface area (Å²) < 4.78 is 0. The predicted molar refractivity (Wildman–Crippen MR) is 56.5 cm³/mol. The molecule has 15 heavy (non-hydrogen) atoms. The Kier molecular flexibility index (Phi) is 5.15. The fraction of sp³-hybridized carbons (Fsp3) is 0.818. The zero-order valence-corrected chi connectivity index (χ0v) is 9.00. The van der Waals surface area contributed by atoms with Gasteiger partial charge in [0.1, 0.15) is 6.54 Å². The van der Waals surface area contributed by atoms with E-state index in [2.05, 4.69) is 5.32 Å². The molecule has 4 nitrogen and oxygen atoms in total. The lowest BCUT2D eigenvalue weighted by atomic mass is 9.96. The highest BCUT2D eigenvalue weighted by molar-refractivity contribution is 5.81. The predicted octanol–water partition coefficient (Wildman–Crippen LogP) is 1.55. The Labute approximate surface area is 90.0 Å². The van der Waals surface area contributed by atoms with Gasteiger partial charge in [-0.05, 0) is 18.8 Å². The molecule has 1 fully saturated rings. The third-order valence-electron chi connectivity index (χ3n) is 2.89. The Balaban J connectivity index is 2.20. The third-order valence-corrected chi connectivity index (χ3v) is 2.89. The van der Waals surface area contributed by atoms with Gasteiger partial charge >= 0.3 is 5.97 Å². The summed E-state index contributed by atoms with van der Waals surface area (Å²) in [4.78, 5) is 21.6. The molecule has 1 saturated carbocycles. The van der Waals surface area contributed by atoms with Gasteiger partial charge in [-0.2, -0.15) is 0 Å². The van der Waals surface area contributed by atoms with E-state index >= 15 is 0 Å². The highest BCUT2D eigenvalue weighted by Gasteiger charge is 2.16. The van der Waals surface area contributed by atoms with E-state index in [1.54, 1.807) is 0 Å². The van der Waals surface area contributed by atoms with Crippen LogP contribution in [0.15, 0.2) is 0 Å². The summed E-state index contributed by atoms with van der Waals surface area (Å²) in [6.07, 6.45) is 7.67. The van der Waals surface area contributed by atoms with Crippen LogP contribution < -0.4 is 5.32 Å². The number of carbonyl (C=O) groups excluding carboxylic acids is 1. The first-order chi connectivity index (χ1) is 7.18. The van der Waals surface area contributed by atoms with Crippen molar-refractivity contribution in [3.05, 3.63) is 0 Å². The van der Waals surface area contributed by atoms with Gasteiger partial charge in [0.25, 0.3) is 0 Å². The van der Waals surface area contributed by atoms with Gasteiger partial charge in [0.15, 0.2) is 0 Å². The van der Waals surface area contributed by atoms with E-state index in [9.17, 15) is 9.59 Å². The van der Waals surface area contributed by atoms with Gasteiger partial charge in [0.05, 0.1) is 0 Å². The van der Waals surface area contributed by atoms with Crippen molar-refractivity contribution in [2.75, 3.05) is 6.54 Å². The van der Waals surface area contributed by atoms with Crippen LogP contribution in [0.4, 0.5) is 0 Å². The molecule has 0 aromatic heterocycles. The van der Waals surface area contributed by atoms with Crippen molar-refractivity contribution in [1.82, 2.24) is 5.32 Å². The highest BCUT2D eigenvalue weighted by Crippen LogP contribution is 2.25. The Morgan fingerprint density at radius 1 is 1.13 bits per heavy atom. The number of nitrogens with one attached hydrogen (secondary N) is 1. The number of hydrogen-bond donors (Lipinski definition) is 2. The molecule has 0 aromatic rings. The van der Waals surface area contributed by atoms with Crippen molar-refractivity contribution in [1.29, 1.82) is 0 Å². The average molecular weight is 213 g/mol. The first-order valence-corrected chi connectivity index (χ1v) is 5.67. The standard InChI is InChI=1S/C11H19NO3/c13-10(12-8-11(14)15)7-9-5-3-1-2-4-6-9/h9H,1-8H2,(H,12,13)(H,14,15). The second kappa shape index (κ2) is 6.43. The minimum atomic E-state index is -0.982. The number of hydrogen-bond acceptors (Lipinski definition) is 2. The van der Waals surface area contributed by atoms with Gasteiger partial charge in [0, 0.05) is 6.42 Å². The van der Waals surface area contributed by atoms with Gasteiger partial charge in [-0.1, -0.05) is 25.7 Å². The van der Waals surface area contributed by atoms with E-state index in [1.165, 1.54) is 25.7 Å². The maximum Gasteiger partial charge on any atom is 0.322 e. The summed E-state index contributed by atoms with van der Waals surface area (Å²) in [6, 6.07) is 0. The fourth-order valence-electron chi connectivity index (χ4n) is 2.08. The normalized spacial score (nSPS) is 18.1. The van der Waals surface area contributed by atoms with E-state index in [4.69, 9.17) is 5.11 Å². The molecule has 0 atom stereocenters. The molecule has 0 aliphatic heterocycles. The molecule has 1 aliphatic rings. The molecule has 2 N–H and O–H groups in total. The summed E-state index contributed by atoms with van der Waals surface area (Å²) in [7, 11) is 0. The fourth-order valence-corrected chi connectivity index (χ4v) is 2.08. The number of carboxylic acid groups (broad SMARTS) is 1. The SMILES string of the molecule is O=C(O)CNC(=O)CC1CCCCCC1. The van der Waals surface area contributed by atoms with Crippen molar-refractivity contribution < 1.29 is 14.7 Å². The number of carbonyl (C=O) groups is 2. The highest BCUT2D eigenvalue weighted by atomic mass is 16.4. The molecule has 0 unspecified atom stereocenters. The minimum Gasteiger partial charge on any atom is -0.480 e. The average Bonchev–Trinajstić information content (AvgIpc) is 2.43. The maximum absolute atomic E-state index is 11.4. The van der Waals surface area contributed by atoms with Crippen molar-refractivity contribution >= 4 is 11.9 Å². The van der Waals surface area contributed by atoms with E-state index in [0.717, 1.165) is 12.8 Å². The number of rotatable bonds is 4. The smallest absolute Gasteiger partial charge is 0.322 e. The number of carboxylic acids is 1. The van der Waals surface area contributed by atoms with E-state index < -0.39 is 5.97 Å². The lowest BCUT2D eigenvalue weighted by molar-refractivity contribution is -0.138. The number of amides is 1. The molecule has 4 heteroatoms. The largest absolute Gasteiger partial charge is 0.480 e. The Morgan fingerprint density at radius 2 is 1.73 bits per heavy atom. The van der Waals surface area contributed by atoms with Crippen molar-refractivity contribution in [3.63, 3.8) is 0 Å². The molecule has 1 rings (SSSR count). The summed E-state index contributed by atoms with van der Waals surface area (Å²) >= 11 is 0. The van der Waals surface area contributed by atoms with Crippen molar-refractivity contribution in [3.8, 4) is 0 Å². The molecule has 0 saturated heterocycles. The molecular formula is C11H19NO3.